The van der Waals surface area contributed by atoms with Crippen molar-refractivity contribution >= 4 is 51.6 Å². The summed E-state index contributed by atoms with van der Waals surface area (Å²) in [6.45, 7) is 0.693. The first kappa shape index (κ1) is 19.1. The van der Waals surface area contributed by atoms with Gasteiger partial charge in [0.15, 0.2) is 5.96 Å². The molecule has 1 saturated carbocycles. The van der Waals surface area contributed by atoms with Gasteiger partial charge < -0.3 is 15.8 Å². The fraction of sp³-hybridized carbons (Fsp3) is 0.278. The molecule has 1 aliphatic carbocycles. The third kappa shape index (κ3) is 4.42. The maximum absolute atomic E-state index is 6.03. The molecule has 1 fully saturated rings. The summed E-state index contributed by atoms with van der Waals surface area (Å²) >= 11 is 3.64. The van der Waals surface area contributed by atoms with E-state index in [0.29, 0.717) is 12.5 Å². The third-order valence-electron chi connectivity index (χ3n) is 4.19. The molecule has 0 bridgehead atoms. The highest BCUT2D eigenvalue weighted by Gasteiger charge is 2.45. The Labute approximate surface area is 168 Å². The molecule has 0 aromatic heterocycles. The fourth-order valence-corrected chi connectivity index (χ4v) is 3.38. The van der Waals surface area contributed by atoms with Gasteiger partial charge in [-0.15, -0.1) is 24.0 Å². The number of rotatable bonds is 5. The van der Waals surface area contributed by atoms with Crippen LogP contribution in [0.5, 0.6) is 5.75 Å². The topological polar surface area (TPSA) is 59.6 Å². The van der Waals surface area contributed by atoms with Gasteiger partial charge in [-0.25, -0.2) is 0 Å². The number of nitrogens with one attached hydrogen (secondary N) is 1. The molecular formula is C18H21BrIN3O. The fourth-order valence-electron chi connectivity index (χ4n) is 2.68. The zero-order valence-electron chi connectivity index (χ0n) is 13.5. The summed E-state index contributed by atoms with van der Waals surface area (Å²) in [6.07, 6.45) is 2.29. The van der Waals surface area contributed by atoms with Crippen molar-refractivity contribution in [3.63, 3.8) is 0 Å². The van der Waals surface area contributed by atoms with E-state index in [1.165, 1.54) is 5.56 Å². The first-order valence-electron chi connectivity index (χ1n) is 7.59. The lowest BCUT2D eigenvalue weighted by Crippen LogP contribution is -2.25. The average Bonchev–Trinajstić information content (AvgIpc) is 3.35. The monoisotopic (exact) mass is 501 g/mol. The standard InChI is InChI=1S/C18H20BrN3O.HI/c1-23-14-6-4-5-13(11-14)22-17(20)21-12-18(9-10-18)15-7-2-3-8-16(15)19;/h2-8,11H,9-10,12H2,1H3,(H3,20,21,22);1H. The van der Waals surface area contributed by atoms with Gasteiger partial charge in [-0.3, -0.25) is 4.99 Å². The minimum absolute atomic E-state index is 0. The number of nitrogens with zero attached hydrogens (tertiary/aromatic N) is 1. The molecule has 0 amide bonds. The Morgan fingerprint density at radius 3 is 2.67 bits per heavy atom. The van der Waals surface area contributed by atoms with Gasteiger partial charge in [0.05, 0.1) is 13.7 Å². The zero-order chi connectivity index (χ0) is 16.3. The number of nitrogens with two attached hydrogens (primary N) is 1. The largest absolute Gasteiger partial charge is 0.497 e. The number of guanidine groups is 1. The van der Waals surface area contributed by atoms with Gasteiger partial charge in [-0.05, 0) is 36.6 Å². The van der Waals surface area contributed by atoms with Gasteiger partial charge in [-0.1, -0.05) is 40.2 Å². The normalized spacial score (nSPS) is 15.3. The highest BCUT2D eigenvalue weighted by Crippen LogP contribution is 2.50. The lowest BCUT2D eigenvalue weighted by atomic mass is 9.96. The summed E-state index contributed by atoms with van der Waals surface area (Å²) < 4.78 is 6.35. The van der Waals surface area contributed by atoms with Crippen molar-refractivity contribution in [2.45, 2.75) is 18.3 Å². The van der Waals surface area contributed by atoms with Crippen molar-refractivity contribution in [2.75, 3.05) is 19.0 Å². The van der Waals surface area contributed by atoms with E-state index in [9.17, 15) is 0 Å². The second-order valence-electron chi connectivity index (χ2n) is 5.82. The summed E-state index contributed by atoms with van der Waals surface area (Å²) in [5, 5.41) is 3.12. The van der Waals surface area contributed by atoms with Crippen molar-refractivity contribution < 1.29 is 4.74 Å². The van der Waals surface area contributed by atoms with Crippen molar-refractivity contribution in [3.8, 4) is 5.75 Å². The Morgan fingerprint density at radius 1 is 1.25 bits per heavy atom. The van der Waals surface area contributed by atoms with E-state index in [2.05, 4.69) is 44.4 Å². The molecule has 0 heterocycles. The van der Waals surface area contributed by atoms with Crippen LogP contribution in [0.1, 0.15) is 18.4 Å². The van der Waals surface area contributed by atoms with E-state index < -0.39 is 0 Å². The van der Waals surface area contributed by atoms with Gasteiger partial charge >= 0.3 is 0 Å². The molecule has 24 heavy (non-hydrogen) atoms. The maximum atomic E-state index is 6.03. The van der Waals surface area contributed by atoms with Crippen molar-refractivity contribution in [3.05, 3.63) is 58.6 Å². The summed E-state index contributed by atoms with van der Waals surface area (Å²) in [4.78, 5) is 4.55. The van der Waals surface area contributed by atoms with Crippen LogP contribution < -0.4 is 15.8 Å². The molecule has 3 N–H and O–H groups in total. The number of aliphatic imine (C=N–C) groups is 1. The number of hydrogen-bond acceptors (Lipinski definition) is 2. The van der Waals surface area contributed by atoms with Gasteiger partial charge in [0.2, 0.25) is 0 Å². The molecule has 0 atom stereocenters. The highest BCUT2D eigenvalue weighted by molar-refractivity contribution is 14.0. The van der Waals surface area contributed by atoms with Crippen LogP contribution in [0.2, 0.25) is 0 Å². The summed E-state index contributed by atoms with van der Waals surface area (Å²) in [6, 6.07) is 16.0. The Hall–Kier alpha value is -1.28. The van der Waals surface area contributed by atoms with Crippen LogP contribution in [0.25, 0.3) is 0 Å². The lowest BCUT2D eigenvalue weighted by molar-refractivity contribution is 0.415. The molecule has 4 nitrogen and oxygen atoms in total. The second-order valence-corrected chi connectivity index (χ2v) is 6.67. The Balaban J connectivity index is 0.00000208. The van der Waals surface area contributed by atoms with E-state index in [0.717, 1.165) is 28.8 Å². The molecule has 2 aromatic rings. The van der Waals surface area contributed by atoms with Gasteiger partial charge in [0.1, 0.15) is 5.75 Å². The van der Waals surface area contributed by atoms with Gasteiger partial charge in [0, 0.05) is 21.6 Å². The van der Waals surface area contributed by atoms with E-state index in [4.69, 9.17) is 10.5 Å². The van der Waals surface area contributed by atoms with E-state index >= 15 is 0 Å². The molecule has 6 heteroatoms. The average molecular weight is 502 g/mol. The Kier molecular flexibility index (Phi) is 6.51. The first-order chi connectivity index (χ1) is 11.1. The van der Waals surface area contributed by atoms with Crippen LogP contribution in [0.4, 0.5) is 5.69 Å². The highest BCUT2D eigenvalue weighted by atomic mass is 127. The van der Waals surface area contributed by atoms with Crippen LogP contribution in [0.15, 0.2) is 58.0 Å². The van der Waals surface area contributed by atoms with Crippen LogP contribution in [0.3, 0.4) is 0 Å². The lowest BCUT2D eigenvalue weighted by Gasteiger charge is -2.15. The third-order valence-corrected chi connectivity index (χ3v) is 4.88. The van der Waals surface area contributed by atoms with Gasteiger partial charge in [-0.2, -0.15) is 0 Å². The number of halogens is 2. The van der Waals surface area contributed by atoms with Gasteiger partial charge in [0.25, 0.3) is 0 Å². The number of hydrogen-bond donors (Lipinski definition) is 2. The maximum Gasteiger partial charge on any atom is 0.193 e. The number of methoxy groups -OCH3 is 1. The van der Waals surface area contributed by atoms with E-state index in [1.807, 2.05) is 30.3 Å². The number of benzene rings is 2. The summed E-state index contributed by atoms with van der Waals surface area (Å²) in [7, 11) is 1.64. The molecule has 0 unspecified atom stereocenters. The van der Waals surface area contributed by atoms with Crippen LogP contribution in [0, 0.1) is 0 Å². The Bertz CT molecular complexity index is 732. The first-order valence-corrected chi connectivity index (χ1v) is 8.38. The van der Waals surface area contributed by atoms with Crippen LogP contribution in [-0.4, -0.2) is 19.6 Å². The molecule has 0 radical (unpaired) electrons. The molecule has 0 aliphatic heterocycles. The second kappa shape index (κ2) is 8.20. The minimum atomic E-state index is 0. The van der Waals surface area contributed by atoms with Crippen LogP contribution in [-0.2, 0) is 5.41 Å². The predicted molar refractivity (Wildman–Crippen MR) is 114 cm³/mol. The molecule has 0 saturated heterocycles. The minimum Gasteiger partial charge on any atom is -0.497 e. The number of ether oxygens (including phenoxy) is 1. The molecule has 0 spiro atoms. The molecule has 3 rings (SSSR count). The molecule has 2 aromatic carbocycles. The van der Waals surface area contributed by atoms with Crippen LogP contribution >= 0.6 is 39.9 Å². The molecular weight excluding hydrogens is 481 g/mol. The molecule has 128 valence electrons. The molecule has 1 aliphatic rings. The van der Waals surface area contributed by atoms with Crippen molar-refractivity contribution in [1.82, 2.24) is 0 Å². The van der Waals surface area contributed by atoms with Crippen molar-refractivity contribution in [1.29, 1.82) is 0 Å². The van der Waals surface area contributed by atoms with E-state index in [1.54, 1.807) is 7.11 Å². The summed E-state index contributed by atoms with van der Waals surface area (Å²) in [5.74, 6) is 1.21. The zero-order valence-corrected chi connectivity index (χ0v) is 17.4. The van der Waals surface area contributed by atoms with Crippen molar-refractivity contribution in [2.24, 2.45) is 10.7 Å². The van der Waals surface area contributed by atoms with E-state index in [-0.39, 0.29) is 29.4 Å². The Morgan fingerprint density at radius 2 is 2.00 bits per heavy atom. The quantitative estimate of drug-likeness (QED) is 0.359. The number of anilines is 1. The smallest absolute Gasteiger partial charge is 0.193 e. The summed E-state index contributed by atoms with van der Waals surface area (Å²) in [5.41, 5.74) is 8.35. The SMILES string of the molecule is COc1cccc(NC(N)=NCC2(c3ccccc3Br)CC2)c1.I. The predicted octanol–water partition coefficient (Wildman–Crippen LogP) is 4.53.